The minimum Gasteiger partial charge on any atom is -0.339 e. The summed E-state index contributed by atoms with van der Waals surface area (Å²) in [6.45, 7) is 0.719. The van der Waals surface area contributed by atoms with Crippen molar-refractivity contribution in [2.75, 3.05) is 6.54 Å². The maximum Gasteiger partial charge on any atom is 0.226 e. The summed E-state index contributed by atoms with van der Waals surface area (Å²) < 4.78 is 5.38. The first kappa shape index (κ1) is 13.3. The summed E-state index contributed by atoms with van der Waals surface area (Å²) >= 11 is 0. The van der Waals surface area contributed by atoms with E-state index in [1.54, 1.807) is 0 Å². The van der Waals surface area contributed by atoms with E-state index in [1.807, 2.05) is 0 Å². The summed E-state index contributed by atoms with van der Waals surface area (Å²) in [5, 5.41) is 4.20. The van der Waals surface area contributed by atoms with Gasteiger partial charge in [-0.3, -0.25) is 0 Å². The van der Waals surface area contributed by atoms with Crippen LogP contribution in [0.5, 0.6) is 0 Å². The van der Waals surface area contributed by atoms with E-state index >= 15 is 0 Å². The van der Waals surface area contributed by atoms with Crippen molar-refractivity contribution in [1.82, 2.24) is 10.1 Å². The normalized spacial score (nSPS) is 17.9. The summed E-state index contributed by atoms with van der Waals surface area (Å²) in [4.78, 5) is 4.59. The molecular formula is C16H21N3O. The molecule has 0 aliphatic heterocycles. The molecule has 2 N–H and O–H groups in total. The molecule has 0 radical (unpaired) electrons. The van der Waals surface area contributed by atoms with Crippen molar-refractivity contribution in [1.29, 1.82) is 0 Å². The van der Waals surface area contributed by atoms with Crippen LogP contribution >= 0.6 is 0 Å². The Hall–Kier alpha value is -1.68. The highest BCUT2D eigenvalue weighted by Crippen LogP contribution is 2.35. The van der Waals surface area contributed by atoms with Crippen molar-refractivity contribution in [2.45, 2.75) is 44.4 Å². The van der Waals surface area contributed by atoms with Crippen LogP contribution < -0.4 is 5.73 Å². The van der Waals surface area contributed by atoms with Gasteiger partial charge in [-0.1, -0.05) is 29.4 Å². The molecule has 0 saturated heterocycles. The summed E-state index contributed by atoms with van der Waals surface area (Å²) in [6.07, 6.45) is 6.31. The van der Waals surface area contributed by atoms with E-state index in [-0.39, 0.29) is 0 Å². The van der Waals surface area contributed by atoms with Gasteiger partial charge in [0.15, 0.2) is 5.82 Å². The molecule has 1 atom stereocenters. The number of unbranched alkanes of at least 4 members (excludes halogenated alkanes) is 1. The van der Waals surface area contributed by atoms with Gasteiger partial charge in [0.05, 0.1) is 0 Å². The lowest BCUT2D eigenvalue weighted by molar-refractivity contribution is 0.366. The highest BCUT2D eigenvalue weighted by Gasteiger charge is 2.25. The van der Waals surface area contributed by atoms with Crippen LogP contribution in [0.15, 0.2) is 28.8 Å². The van der Waals surface area contributed by atoms with Gasteiger partial charge in [0.1, 0.15) is 0 Å². The smallest absolute Gasteiger partial charge is 0.226 e. The van der Waals surface area contributed by atoms with Crippen LogP contribution in [0, 0.1) is 0 Å². The number of fused-ring (bicyclic) bond motifs is 1. The molecule has 1 aliphatic rings. The van der Waals surface area contributed by atoms with Crippen LogP contribution in [0.25, 0.3) is 0 Å². The predicted molar refractivity (Wildman–Crippen MR) is 77.5 cm³/mol. The summed E-state index contributed by atoms with van der Waals surface area (Å²) in [5.74, 6) is 1.89. The standard InChI is InChI=1S/C16H21N3O/c17-11-4-3-10-15-18-16(19-20-15)14-9-5-7-12-6-1-2-8-13(12)14/h1-2,6,8,14H,3-5,7,9-11,17H2. The second-order valence-corrected chi connectivity index (χ2v) is 5.44. The molecule has 0 spiro atoms. The Morgan fingerprint density at radius 2 is 2.15 bits per heavy atom. The molecule has 1 aliphatic carbocycles. The van der Waals surface area contributed by atoms with Crippen LogP contribution in [0.2, 0.25) is 0 Å². The SMILES string of the molecule is NCCCCc1nc(C2CCCc3ccccc32)no1. The number of hydrogen-bond donors (Lipinski definition) is 1. The van der Waals surface area contributed by atoms with Crippen LogP contribution in [-0.2, 0) is 12.8 Å². The minimum absolute atomic E-state index is 0.298. The molecule has 1 heterocycles. The fourth-order valence-corrected chi connectivity index (χ4v) is 2.95. The molecule has 4 heteroatoms. The van der Waals surface area contributed by atoms with Crippen LogP contribution in [0.4, 0.5) is 0 Å². The largest absolute Gasteiger partial charge is 0.339 e. The van der Waals surface area contributed by atoms with E-state index in [9.17, 15) is 0 Å². The number of aromatic nitrogens is 2. The Morgan fingerprint density at radius 1 is 1.25 bits per heavy atom. The van der Waals surface area contributed by atoms with Gasteiger partial charge in [-0.25, -0.2) is 0 Å². The van der Waals surface area contributed by atoms with Crippen molar-refractivity contribution < 1.29 is 4.52 Å². The average Bonchev–Trinajstić information content (AvgIpc) is 2.96. The fraction of sp³-hybridized carbons (Fsp3) is 0.500. The first-order chi connectivity index (χ1) is 9.88. The highest BCUT2D eigenvalue weighted by molar-refractivity contribution is 5.36. The van der Waals surface area contributed by atoms with Gasteiger partial charge in [-0.2, -0.15) is 4.98 Å². The fourth-order valence-electron chi connectivity index (χ4n) is 2.95. The first-order valence-corrected chi connectivity index (χ1v) is 7.49. The van der Waals surface area contributed by atoms with Gasteiger partial charge in [-0.15, -0.1) is 0 Å². The van der Waals surface area contributed by atoms with Crippen molar-refractivity contribution >= 4 is 0 Å². The molecule has 20 heavy (non-hydrogen) atoms. The Kier molecular flexibility index (Phi) is 4.11. The highest BCUT2D eigenvalue weighted by atomic mass is 16.5. The lowest BCUT2D eigenvalue weighted by Crippen LogP contribution is -2.12. The summed E-state index contributed by atoms with van der Waals surface area (Å²) in [6, 6.07) is 8.61. The van der Waals surface area contributed by atoms with Gasteiger partial charge >= 0.3 is 0 Å². The van der Waals surface area contributed by atoms with Crippen LogP contribution in [0.1, 0.15) is 54.4 Å². The molecule has 0 fully saturated rings. The molecule has 1 unspecified atom stereocenters. The maximum atomic E-state index is 5.50. The van der Waals surface area contributed by atoms with Crippen molar-refractivity contribution in [3.63, 3.8) is 0 Å². The second-order valence-electron chi connectivity index (χ2n) is 5.44. The van der Waals surface area contributed by atoms with Crippen molar-refractivity contribution in [3.8, 4) is 0 Å². The van der Waals surface area contributed by atoms with Gasteiger partial charge in [0.2, 0.25) is 5.89 Å². The number of nitrogens with zero attached hydrogens (tertiary/aromatic N) is 2. The number of hydrogen-bond acceptors (Lipinski definition) is 4. The number of aryl methyl sites for hydroxylation is 2. The second kappa shape index (κ2) is 6.18. The van der Waals surface area contributed by atoms with Gasteiger partial charge in [-0.05, 0) is 49.8 Å². The number of nitrogens with two attached hydrogens (primary N) is 1. The number of rotatable bonds is 5. The van der Waals surface area contributed by atoms with Crippen LogP contribution in [0.3, 0.4) is 0 Å². The topological polar surface area (TPSA) is 64.9 Å². The summed E-state index contributed by atoms with van der Waals surface area (Å²) in [5.41, 5.74) is 8.30. The summed E-state index contributed by atoms with van der Waals surface area (Å²) in [7, 11) is 0. The molecule has 4 nitrogen and oxygen atoms in total. The quantitative estimate of drug-likeness (QED) is 0.849. The van der Waals surface area contributed by atoms with Gasteiger partial charge in [0.25, 0.3) is 0 Å². The zero-order valence-corrected chi connectivity index (χ0v) is 11.7. The van der Waals surface area contributed by atoms with E-state index in [4.69, 9.17) is 10.3 Å². The zero-order chi connectivity index (χ0) is 13.8. The third-order valence-corrected chi connectivity index (χ3v) is 4.01. The van der Waals surface area contributed by atoms with E-state index in [1.165, 1.54) is 17.5 Å². The lowest BCUT2D eigenvalue weighted by Gasteiger charge is -2.22. The maximum absolute atomic E-state index is 5.50. The molecule has 0 bridgehead atoms. The monoisotopic (exact) mass is 271 g/mol. The molecule has 1 aromatic heterocycles. The van der Waals surface area contributed by atoms with E-state index in [2.05, 4.69) is 34.4 Å². The van der Waals surface area contributed by atoms with Crippen molar-refractivity contribution in [3.05, 3.63) is 47.1 Å². The predicted octanol–water partition coefficient (Wildman–Crippen LogP) is 2.82. The molecular weight excluding hydrogens is 250 g/mol. The van der Waals surface area contributed by atoms with Gasteiger partial charge in [0, 0.05) is 12.3 Å². The molecule has 0 saturated carbocycles. The zero-order valence-electron chi connectivity index (χ0n) is 11.7. The number of benzene rings is 1. The van der Waals surface area contributed by atoms with E-state index in [0.29, 0.717) is 5.92 Å². The van der Waals surface area contributed by atoms with Crippen LogP contribution in [-0.4, -0.2) is 16.7 Å². The Balaban J connectivity index is 1.77. The third-order valence-electron chi connectivity index (χ3n) is 4.01. The minimum atomic E-state index is 0.298. The molecule has 0 amide bonds. The van der Waals surface area contributed by atoms with E-state index in [0.717, 1.165) is 50.4 Å². The molecule has 106 valence electrons. The average molecular weight is 271 g/mol. The Morgan fingerprint density at radius 3 is 3.05 bits per heavy atom. The molecule has 3 rings (SSSR count). The van der Waals surface area contributed by atoms with Crippen molar-refractivity contribution in [2.24, 2.45) is 5.73 Å². The molecule has 1 aromatic carbocycles. The van der Waals surface area contributed by atoms with Gasteiger partial charge < -0.3 is 10.3 Å². The Labute approximate surface area is 119 Å². The molecule has 2 aromatic rings. The Bertz CT molecular complexity index is 564. The van der Waals surface area contributed by atoms with E-state index < -0.39 is 0 Å². The lowest BCUT2D eigenvalue weighted by atomic mass is 9.82. The first-order valence-electron chi connectivity index (χ1n) is 7.49. The third kappa shape index (κ3) is 2.75.